The molecule has 0 aliphatic heterocycles. The average molecular weight is 362 g/mol. The van der Waals surface area contributed by atoms with Crippen LogP contribution in [0.15, 0.2) is 53.3 Å². The lowest BCUT2D eigenvalue weighted by atomic mass is 10.1. The van der Waals surface area contributed by atoms with Gasteiger partial charge in [-0.2, -0.15) is 0 Å². The van der Waals surface area contributed by atoms with Crippen molar-refractivity contribution in [3.05, 3.63) is 80.1 Å². The number of nitrogen functional groups attached to an aromatic ring is 1. The van der Waals surface area contributed by atoms with Crippen LogP contribution in [0.25, 0.3) is 0 Å². The first-order valence-electron chi connectivity index (χ1n) is 7.08. The van der Waals surface area contributed by atoms with Gasteiger partial charge in [-0.15, -0.1) is 5.10 Å². The summed E-state index contributed by atoms with van der Waals surface area (Å²) in [5.41, 5.74) is 7.34. The lowest BCUT2D eigenvalue weighted by Crippen LogP contribution is -2.14. The monoisotopic (exact) mass is 361 g/mol. The first kappa shape index (κ1) is 16.4. The van der Waals surface area contributed by atoms with Gasteiger partial charge < -0.3 is 10.5 Å². The SMILES string of the molecule is Nc1cc(Cl)c(Oc2cc(Cc3ccccc3)c(=O)[nH]n2)c(Cl)c1. The second kappa shape index (κ2) is 6.95. The number of nitrogens with one attached hydrogen (secondary N) is 1. The van der Waals surface area contributed by atoms with E-state index in [1.807, 2.05) is 30.3 Å². The molecule has 0 spiro atoms. The summed E-state index contributed by atoms with van der Waals surface area (Å²) in [5, 5.41) is 6.81. The third kappa shape index (κ3) is 3.69. The third-order valence-corrected chi connectivity index (χ3v) is 3.88. The first-order valence-corrected chi connectivity index (χ1v) is 7.83. The number of benzene rings is 2. The summed E-state index contributed by atoms with van der Waals surface area (Å²) in [6.07, 6.45) is 0.457. The van der Waals surface area contributed by atoms with Gasteiger partial charge >= 0.3 is 0 Å². The minimum Gasteiger partial charge on any atom is -0.434 e. The summed E-state index contributed by atoms with van der Waals surface area (Å²) >= 11 is 12.2. The van der Waals surface area contributed by atoms with E-state index in [1.165, 1.54) is 12.1 Å². The van der Waals surface area contributed by atoms with Crippen molar-refractivity contribution in [2.24, 2.45) is 0 Å². The van der Waals surface area contributed by atoms with Gasteiger partial charge in [-0.05, 0) is 17.7 Å². The summed E-state index contributed by atoms with van der Waals surface area (Å²) in [7, 11) is 0. The maximum absolute atomic E-state index is 12.0. The molecule has 0 aliphatic carbocycles. The Hall–Kier alpha value is -2.50. The number of aromatic amines is 1. The zero-order valence-corrected chi connectivity index (χ0v) is 13.9. The molecule has 0 radical (unpaired) electrons. The van der Waals surface area contributed by atoms with Crippen LogP contribution in [0.4, 0.5) is 5.69 Å². The zero-order valence-electron chi connectivity index (χ0n) is 12.4. The van der Waals surface area contributed by atoms with Gasteiger partial charge in [-0.25, -0.2) is 5.10 Å². The summed E-state index contributed by atoms with van der Waals surface area (Å²) in [6.45, 7) is 0. The molecule has 24 heavy (non-hydrogen) atoms. The molecule has 0 fully saturated rings. The standard InChI is InChI=1S/C17H13Cl2N3O2/c18-13-8-12(20)9-14(19)16(13)24-15-7-11(17(23)22-21-15)6-10-4-2-1-3-5-10/h1-5,7-9H,6,20H2,(H,22,23). The Morgan fingerprint density at radius 3 is 2.42 bits per heavy atom. The molecule has 3 aromatic rings. The van der Waals surface area contributed by atoms with Gasteiger partial charge in [-0.3, -0.25) is 4.79 Å². The summed E-state index contributed by atoms with van der Waals surface area (Å²) in [4.78, 5) is 12.0. The van der Waals surface area contributed by atoms with E-state index in [9.17, 15) is 4.79 Å². The van der Waals surface area contributed by atoms with Crippen LogP contribution < -0.4 is 16.0 Å². The van der Waals surface area contributed by atoms with Crippen LogP contribution in [-0.2, 0) is 6.42 Å². The molecule has 122 valence electrons. The van der Waals surface area contributed by atoms with E-state index < -0.39 is 0 Å². The largest absolute Gasteiger partial charge is 0.434 e. The second-order valence-corrected chi connectivity index (χ2v) is 5.95. The molecule has 1 heterocycles. The minimum atomic E-state index is -0.277. The Kier molecular flexibility index (Phi) is 4.74. The highest BCUT2D eigenvalue weighted by Crippen LogP contribution is 2.37. The second-order valence-electron chi connectivity index (χ2n) is 5.14. The molecule has 7 heteroatoms. The number of ether oxygens (including phenoxy) is 1. The van der Waals surface area contributed by atoms with Gasteiger partial charge in [0.25, 0.3) is 5.56 Å². The fourth-order valence-electron chi connectivity index (χ4n) is 2.21. The van der Waals surface area contributed by atoms with Crippen molar-refractivity contribution in [3.8, 4) is 11.6 Å². The van der Waals surface area contributed by atoms with Crippen LogP contribution in [0.3, 0.4) is 0 Å². The molecule has 0 saturated carbocycles. The number of halogens is 2. The topological polar surface area (TPSA) is 81.0 Å². The van der Waals surface area contributed by atoms with Crippen LogP contribution in [0, 0.1) is 0 Å². The maximum Gasteiger partial charge on any atom is 0.267 e. The third-order valence-electron chi connectivity index (χ3n) is 3.32. The quantitative estimate of drug-likeness (QED) is 0.687. The molecule has 0 atom stereocenters. The van der Waals surface area contributed by atoms with Crippen molar-refractivity contribution < 1.29 is 4.74 Å². The van der Waals surface area contributed by atoms with E-state index in [4.69, 9.17) is 33.7 Å². The summed E-state index contributed by atoms with van der Waals surface area (Å²) in [5.74, 6) is 0.423. The number of hydrogen-bond donors (Lipinski definition) is 2. The van der Waals surface area contributed by atoms with Crippen molar-refractivity contribution in [1.29, 1.82) is 0 Å². The highest BCUT2D eigenvalue weighted by molar-refractivity contribution is 6.37. The van der Waals surface area contributed by atoms with Gasteiger partial charge in [0.15, 0.2) is 5.75 Å². The van der Waals surface area contributed by atoms with E-state index in [0.717, 1.165) is 5.56 Å². The molecule has 0 amide bonds. The maximum atomic E-state index is 12.0. The highest BCUT2D eigenvalue weighted by atomic mass is 35.5. The number of anilines is 1. The molecule has 0 aliphatic rings. The molecule has 1 aromatic heterocycles. The normalized spacial score (nSPS) is 10.6. The molecule has 5 nitrogen and oxygen atoms in total. The van der Waals surface area contributed by atoms with Crippen molar-refractivity contribution in [3.63, 3.8) is 0 Å². The molecule has 0 saturated heterocycles. The number of H-pyrrole nitrogens is 1. The summed E-state index contributed by atoms with van der Waals surface area (Å²) in [6, 6.07) is 14.2. The molecule has 3 N–H and O–H groups in total. The van der Waals surface area contributed by atoms with Crippen molar-refractivity contribution in [2.75, 3.05) is 5.73 Å². The average Bonchev–Trinajstić information content (AvgIpc) is 2.55. The summed E-state index contributed by atoms with van der Waals surface area (Å²) < 4.78 is 5.63. The van der Waals surface area contributed by atoms with Gasteiger partial charge in [0, 0.05) is 23.7 Å². The molecule has 3 rings (SSSR count). The van der Waals surface area contributed by atoms with E-state index in [0.29, 0.717) is 17.7 Å². The number of rotatable bonds is 4. The lowest BCUT2D eigenvalue weighted by Gasteiger charge is -2.10. The van der Waals surface area contributed by atoms with Crippen molar-refractivity contribution >= 4 is 28.9 Å². The highest BCUT2D eigenvalue weighted by Gasteiger charge is 2.12. The van der Waals surface area contributed by atoms with Crippen LogP contribution in [-0.4, -0.2) is 10.2 Å². The number of hydrogen-bond acceptors (Lipinski definition) is 4. The van der Waals surface area contributed by atoms with Crippen LogP contribution in [0.5, 0.6) is 11.6 Å². The Morgan fingerprint density at radius 1 is 1.08 bits per heavy atom. The zero-order chi connectivity index (χ0) is 17.1. The first-order chi connectivity index (χ1) is 11.5. The fraction of sp³-hybridized carbons (Fsp3) is 0.0588. The van der Waals surface area contributed by atoms with Crippen LogP contribution in [0.1, 0.15) is 11.1 Å². The van der Waals surface area contributed by atoms with E-state index in [2.05, 4.69) is 10.2 Å². The Morgan fingerprint density at radius 2 is 1.75 bits per heavy atom. The van der Waals surface area contributed by atoms with Gasteiger partial charge in [0.2, 0.25) is 5.88 Å². The molecule has 0 unspecified atom stereocenters. The van der Waals surface area contributed by atoms with Crippen LogP contribution >= 0.6 is 23.2 Å². The lowest BCUT2D eigenvalue weighted by molar-refractivity contribution is 0.453. The van der Waals surface area contributed by atoms with E-state index in [1.54, 1.807) is 6.07 Å². The minimum absolute atomic E-state index is 0.189. The van der Waals surface area contributed by atoms with Crippen molar-refractivity contribution in [1.82, 2.24) is 10.2 Å². The van der Waals surface area contributed by atoms with Crippen LogP contribution in [0.2, 0.25) is 10.0 Å². The smallest absolute Gasteiger partial charge is 0.267 e. The predicted molar refractivity (Wildman–Crippen MR) is 95.1 cm³/mol. The number of aromatic nitrogens is 2. The Balaban J connectivity index is 1.91. The van der Waals surface area contributed by atoms with Gasteiger partial charge in [0.1, 0.15) is 0 Å². The molecule has 0 bridgehead atoms. The Labute approximate surface area is 148 Å². The number of nitrogens with two attached hydrogens (primary N) is 1. The van der Waals surface area contributed by atoms with Gasteiger partial charge in [0.05, 0.1) is 10.0 Å². The van der Waals surface area contributed by atoms with E-state index in [-0.39, 0.29) is 27.2 Å². The van der Waals surface area contributed by atoms with E-state index >= 15 is 0 Å². The number of nitrogens with zero attached hydrogens (tertiary/aromatic N) is 1. The molecular weight excluding hydrogens is 349 g/mol. The Bertz CT molecular complexity index is 904. The van der Waals surface area contributed by atoms with Gasteiger partial charge in [-0.1, -0.05) is 53.5 Å². The predicted octanol–water partition coefficient (Wildman–Crippen LogP) is 4.04. The van der Waals surface area contributed by atoms with Crippen molar-refractivity contribution in [2.45, 2.75) is 6.42 Å². The fourth-order valence-corrected chi connectivity index (χ4v) is 2.79. The molecular formula is C17H13Cl2N3O2. The molecule has 2 aromatic carbocycles.